The number of hydrogen-bond donors (Lipinski definition) is 0. The van der Waals surface area contributed by atoms with Crippen molar-refractivity contribution in [1.82, 2.24) is 4.90 Å². The van der Waals surface area contributed by atoms with E-state index in [4.69, 9.17) is 4.74 Å². The van der Waals surface area contributed by atoms with Gasteiger partial charge < -0.3 is 14.5 Å². The number of likely N-dealkylation sites (tertiary alicyclic amines) is 1. The predicted octanol–water partition coefficient (Wildman–Crippen LogP) is 3.11. The topological polar surface area (TPSA) is 15.7 Å². The van der Waals surface area contributed by atoms with Gasteiger partial charge in [-0.3, -0.25) is 0 Å². The Bertz CT molecular complexity index is 409. The molecule has 2 atom stereocenters. The first kappa shape index (κ1) is 13.9. The minimum absolute atomic E-state index is 0.266. The molecule has 1 aromatic carbocycles. The summed E-state index contributed by atoms with van der Waals surface area (Å²) in [4.78, 5) is 4.85. The maximum Gasteiger partial charge on any atom is 0.130 e. The number of rotatable bonds is 3. The summed E-state index contributed by atoms with van der Waals surface area (Å²) in [5.74, 6) is 0. The maximum absolute atomic E-state index is 6.45. The highest BCUT2D eigenvalue weighted by Crippen LogP contribution is 2.27. The summed E-state index contributed by atoms with van der Waals surface area (Å²) in [5.41, 5.74) is 1.31. The molecule has 0 N–H and O–H groups in total. The van der Waals surface area contributed by atoms with Crippen LogP contribution in [0.15, 0.2) is 30.3 Å². The molecule has 2 saturated heterocycles. The Morgan fingerprint density at radius 2 is 1.85 bits per heavy atom. The van der Waals surface area contributed by atoms with Crippen LogP contribution < -0.4 is 4.90 Å². The third kappa shape index (κ3) is 3.33. The van der Waals surface area contributed by atoms with Gasteiger partial charge in [-0.2, -0.15) is 0 Å². The second-order valence-corrected chi connectivity index (χ2v) is 6.14. The van der Waals surface area contributed by atoms with Crippen LogP contribution in [0.3, 0.4) is 0 Å². The Balaban J connectivity index is 1.66. The van der Waals surface area contributed by atoms with Crippen LogP contribution in [0.25, 0.3) is 0 Å². The van der Waals surface area contributed by atoms with E-state index in [1.165, 1.54) is 37.9 Å². The molecule has 2 unspecified atom stereocenters. The van der Waals surface area contributed by atoms with Gasteiger partial charge in [-0.05, 0) is 57.8 Å². The Kier molecular flexibility index (Phi) is 4.58. The van der Waals surface area contributed by atoms with E-state index in [0.29, 0.717) is 6.10 Å². The van der Waals surface area contributed by atoms with Crippen LogP contribution in [-0.2, 0) is 4.74 Å². The Morgan fingerprint density at radius 1 is 1.00 bits per heavy atom. The molecule has 2 fully saturated rings. The van der Waals surface area contributed by atoms with Crippen molar-refractivity contribution in [2.75, 3.05) is 31.6 Å². The fraction of sp³-hybridized carbons (Fsp3) is 0.647. The molecule has 20 heavy (non-hydrogen) atoms. The van der Waals surface area contributed by atoms with Gasteiger partial charge in [0.1, 0.15) is 6.23 Å². The lowest BCUT2D eigenvalue weighted by Crippen LogP contribution is -2.46. The minimum atomic E-state index is 0.266. The number of para-hydroxylation sites is 1. The third-order valence-electron chi connectivity index (χ3n) is 4.47. The van der Waals surface area contributed by atoms with E-state index in [2.05, 4.69) is 47.2 Å². The molecule has 110 valence electrons. The highest BCUT2D eigenvalue weighted by atomic mass is 16.5. The molecule has 0 amide bonds. The van der Waals surface area contributed by atoms with Gasteiger partial charge >= 0.3 is 0 Å². The van der Waals surface area contributed by atoms with Crippen molar-refractivity contribution in [3.8, 4) is 0 Å². The van der Waals surface area contributed by atoms with E-state index in [1.54, 1.807) is 0 Å². The van der Waals surface area contributed by atoms with Gasteiger partial charge in [-0.25, -0.2) is 0 Å². The fourth-order valence-electron chi connectivity index (χ4n) is 3.41. The van der Waals surface area contributed by atoms with Crippen molar-refractivity contribution in [1.29, 1.82) is 0 Å². The molecule has 1 aromatic rings. The van der Waals surface area contributed by atoms with E-state index in [1.807, 2.05) is 0 Å². The molecule has 0 saturated carbocycles. The SMILES string of the molecule is CN1CCCC(OC2CCCCN2c2ccccc2)C1. The highest BCUT2D eigenvalue weighted by Gasteiger charge is 2.27. The van der Waals surface area contributed by atoms with Crippen molar-refractivity contribution < 1.29 is 4.74 Å². The van der Waals surface area contributed by atoms with Crippen LogP contribution in [0, 0.1) is 0 Å². The molecule has 2 aliphatic heterocycles. The van der Waals surface area contributed by atoms with E-state index in [-0.39, 0.29) is 6.23 Å². The van der Waals surface area contributed by atoms with Crippen LogP contribution in [-0.4, -0.2) is 43.9 Å². The number of ether oxygens (including phenoxy) is 1. The largest absolute Gasteiger partial charge is 0.354 e. The van der Waals surface area contributed by atoms with Gasteiger partial charge in [0.05, 0.1) is 6.10 Å². The van der Waals surface area contributed by atoms with Crippen molar-refractivity contribution in [3.63, 3.8) is 0 Å². The smallest absolute Gasteiger partial charge is 0.130 e. The van der Waals surface area contributed by atoms with Crippen molar-refractivity contribution in [2.45, 2.75) is 44.4 Å². The lowest BCUT2D eigenvalue weighted by atomic mass is 10.1. The zero-order valence-corrected chi connectivity index (χ0v) is 12.5. The average Bonchev–Trinajstić information content (AvgIpc) is 2.49. The molecular formula is C17H26N2O. The zero-order chi connectivity index (χ0) is 13.8. The Hall–Kier alpha value is -1.06. The lowest BCUT2D eigenvalue weighted by Gasteiger charge is -2.41. The molecule has 3 heteroatoms. The molecule has 0 bridgehead atoms. The first-order chi connectivity index (χ1) is 9.83. The average molecular weight is 274 g/mol. The van der Waals surface area contributed by atoms with Crippen molar-refractivity contribution in [2.24, 2.45) is 0 Å². The molecule has 3 nitrogen and oxygen atoms in total. The highest BCUT2D eigenvalue weighted by molar-refractivity contribution is 5.46. The third-order valence-corrected chi connectivity index (χ3v) is 4.47. The number of piperidine rings is 2. The molecule has 3 rings (SSSR count). The first-order valence-electron chi connectivity index (χ1n) is 7.98. The second kappa shape index (κ2) is 6.59. The lowest BCUT2D eigenvalue weighted by molar-refractivity contribution is -0.0530. The van der Waals surface area contributed by atoms with Gasteiger partial charge in [-0.1, -0.05) is 18.2 Å². The summed E-state index contributed by atoms with van der Waals surface area (Å²) >= 11 is 0. The van der Waals surface area contributed by atoms with Crippen LogP contribution in [0.1, 0.15) is 32.1 Å². The number of nitrogens with zero attached hydrogens (tertiary/aromatic N) is 2. The number of hydrogen-bond acceptors (Lipinski definition) is 3. The van der Waals surface area contributed by atoms with Crippen molar-refractivity contribution in [3.05, 3.63) is 30.3 Å². The number of anilines is 1. The molecule has 0 aliphatic carbocycles. The summed E-state index contributed by atoms with van der Waals surface area (Å²) in [6, 6.07) is 10.7. The Morgan fingerprint density at radius 3 is 2.65 bits per heavy atom. The summed E-state index contributed by atoms with van der Waals surface area (Å²) in [7, 11) is 2.20. The Labute approximate surface area is 122 Å². The second-order valence-electron chi connectivity index (χ2n) is 6.14. The fourth-order valence-corrected chi connectivity index (χ4v) is 3.41. The summed E-state index contributed by atoms with van der Waals surface area (Å²) in [6.07, 6.45) is 6.87. The standard InChI is InChI=1S/C17H26N2O/c1-18-12-7-10-16(14-18)20-17-11-5-6-13-19(17)15-8-3-2-4-9-15/h2-4,8-9,16-17H,5-7,10-14H2,1H3. The van der Waals surface area contributed by atoms with Crippen LogP contribution >= 0.6 is 0 Å². The van der Waals surface area contributed by atoms with Gasteiger partial charge in [0.25, 0.3) is 0 Å². The summed E-state index contributed by atoms with van der Waals surface area (Å²) in [5, 5.41) is 0. The van der Waals surface area contributed by atoms with Crippen LogP contribution in [0.4, 0.5) is 5.69 Å². The van der Waals surface area contributed by atoms with Gasteiger partial charge in [0.2, 0.25) is 0 Å². The van der Waals surface area contributed by atoms with E-state index >= 15 is 0 Å². The van der Waals surface area contributed by atoms with Crippen LogP contribution in [0.5, 0.6) is 0 Å². The van der Waals surface area contributed by atoms with E-state index in [0.717, 1.165) is 19.5 Å². The van der Waals surface area contributed by atoms with Gasteiger partial charge in [-0.15, -0.1) is 0 Å². The summed E-state index contributed by atoms with van der Waals surface area (Å²) in [6.45, 7) is 3.42. The van der Waals surface area contributed by atoms with E-state index in [9.17, 15) is 0 Å². The monoisotopic (exact) mass is 274 g/mol. The predicted molar refractivity (Wildman–Crippen MR) is 83.0 cm³/mol. The molecule has 0 aromatic heterocycles. The number of likely N-dealkylation sites (N-methyl/N-ethyl adjacent to an activating group) is 1. The molecular weight excluding hydrogens is 248 g/mol. The number of benzene rings is 1. The van der Waals surface area contributed by atoms with Gasteiger partial charge in [0.15, 0.2) is 0 Å². The summed E-state index contributed by atoms with van der Waals surface area (Å²) < 4.78 is 6.45. The molecule has 0 spiro atoms. The zero-order valence-electron chi connectivity index (χ0n) is 12.5. The first-order valence-corrected chi connectivity index (χ1v) is 7.98. The van der Waals surface area contributed by atoms with Gasteiger partial charge in [0, 0.05) is 18.8 Å². The maximum atomic E-state index is 6.45. The molecule has 2 heterocycles. The van der Waals surface area contributed by atoms with E-state index < -0.39 is 0 Å². The van der Waals surface area contributed by atoms with Crippen LogP contribution in [0.2, 0.25) is 0 Å². The van der Waals surface area contributed by atoms with Crippen molar-refractivity contribution >= 4 is 5.69 Å². The molecule has 2 aliphatic rings. The normalized spacial score (nSPS) is 28.6. The minimum Gasteiger partial charge on any atom is -0.354 e. The quantitative estimate of drug-likeness (QED) is 0.842. The molecule has 0 radical (unpaired) electrons.